The molecule has 0 radical (unpaired) electrons. The van der Waals surface area contributed by atoms with Gasteiger partial charge in [0.1, 0.15) is 6.61 Å². The Labute approximate surface area is 139 Å². The highest BCUT2D eigenvalue weighted by molar-refractivity contribution is 5.90. The van der Waals surface area contributed by atoms with Crippen LogP contribution in [0.1, 0.15) is 6.92 Å². The Balaban J connectivity index is 3.70. The smallest absolute Gasteiger partial charge is 0.246 e. The van der Waals surface area contributed by atoms with E-state index in [4.69, 9.17) is 4.74 Å². The highest BCUT2D eigenvalue weighted by Gasteiger charge is 2.08. The molecule has 0 spiro atoms. The Morgan fingerprint density at radius 1 is 0.792 bits per heavy atom. The summed E-state index contributed by atoms with van der Waals surface area (Å²) in [5.74, 6) is -1.95. The molecule has 0 aliphatic heterocycles. The van der Waals surface area contributed by atoms with Gasteiger partial charge in [0.05, 0.1) is 19.6 Å². The first-order chi connectivity index (χ1) is 11.5. The SMILES string of the molecule is CCOCC(=O)NCC(=O)NCC(=O)NCC(=O)NCCNC=O. The number of hydrogen-bond donors (Lipinski definition) is 5. The normalized spacial score (nSPS) is 9.54. The highest BCUT2D eigenvalue weighted by atomic mass is 16.5. The highest BCUT2D eigenvalue weighted by Crippen LogP contribution is 1.74. The molecule has 0 aromatic rings. The van der Waals surface area contributed by atoms with Gasteiger partial charge in [0.25, 0.3) is 0 Å². The van der Waals surface area contributed by atoms with Gasteiger partial charge in [-0.15, -0.1) is 0 Å². The van der Waals surface area contributed by atoms with Crippen molar-refractivity contribution in [3.63, 3.8) is 0 Å². The van der Waals surface area contributed by atoms with Gasteiger partial charge < -0.3 is 31.3 Å². The number of amides is 5. The Morgan fingerprint density at radius 3 is 1.79 bits per heavy atom. The molecule has 0 saturated heterocycles. The molecule has 5 amide bonds. The third-order valence-corrected chi connectivity index (χ3v) is 2.45. The summed E-state index contributed by atoms with van der Waals surface area (Å²) in [5.41, 5.74) is 0. The lowest BCUT2D eigenvalue weighted by Crippen LogP contribution is -2.45. The van der Waals surface area contributed by atoms with Crippen molar-refractivity contribution in [1.82, 2.24) is 26.6 Å². The van der Waals surface area contributed by atoms with Crippen molar-refractivity contribution >= 4 is 30.0 Å². The molecule has 0 aromatic heterocycles. The number of ether oxygens (including phenoxy) is 1. The van der Waals surface area contributed by atoms with Gasteiger partial charge in [0.15, 0.2) is 0 Å². The lowest BCUT2D eigenvalue weighted by Gasteiger charge is -2.08. The molecule has 24 heavy (non-hydrogen) atoms. The van der Waals surface area contributed by atoms with Crippen molar-refractivity contribution in [2.24, 2.45) is 0 Å². The van der Waals surface area contributed by atoms with Crippen molar-refractivity contribution in [1.29, 1.82) is 0 Å². The quantitative estimate of drug-likeness (QED) is 0.170. The van der Waals surface area contributed by atoms with E-state index in [1.54, 1.807) is 6.92 Å². The van der Waals surface area contributed by atoms with Gasteiger partial charge in [-0.25, -0.2) is 0 Å². The zero-order valence-corrected chi connectivity index (χ0v) is 13.5. The average Bonchev–Trinajstić information content (AvgIpc) is 2.58. The molecule has 0 bridgehead atoms. The summed E-state index contributed by atoms with van der Waals surface area (Å²) in [7, 11) is 0. The Morgan fingerprint density at radius 2 is 1.29 bits per heavy atom. The molecule has 0 heterocycles. The van der Waals surface area contributed by atoms with E-state index in [9.17, 15) is 24.0 Å². The van der Waals surface area contributed by atoms with E-state index in [2.05, 4.69) is 26.6 Å². The van der Waals surface area contributed by atoms with Gasteiger partial charge in [-0.05, 0) is 6.92 Å². The molecule has 11 nitrogen and oxygen atoms in total. The van der Waals surface area contributed by atoms with Crippen molar-refractivity contribution < 1.29 is 28.7 Å². The van der Waals surface area contributed by atoms with Crippen LogP contribution in [0.15, 0.2) is 0 Å². The minimum absolute atomic E-state index is 0.137. The molecule has 136 valence electrons. The predicted molar refractivity (Wildman–Crippen MR) is 82.6 cm³/mol. The third-order valence-electron chi connectivity index (χ3n) is 2.45. The molecule has 0 rings (SSSR count). The molecular formula is C13H23N5O6. The van der Waals surface area contributed by atoms with Crippen LogP contribution >= 0.6 is 0 Å². The second kappa shape index (κ2) is 13.9. The minimum atomic E-state index is -0.551. The van der Waals surface area contributed by atoms with Crippen LogP contribution in [0.2, 0.25) is 0 Å². The summed E-state index contributed by atoms with van der Waals surface area (Å²) >= 11 is 0. The predicted octanol–water partition coefficient (Wildman–Crippen LogP) is -3.77. The van der Waals surface area contributed by atoms with Gasteiger partial charge in [0.2, 0.25) is 30.0 Å². The summed E-state index contributed by atoms with van der Waals surface area (Å²) < 4.78 is 4.85. The summed E-state index contributed by atoms with van der Waals surface area (Å²) in [6.07, 6.45) is 0.510. The maximum absolute atomic E-state index is 11.4. The van der Waals surface area contributed by atoms with E-state index in [0.717, 1.165) is 0 Å². The topological polar surface area (TPSA) is 155 Å². The average molecular weight is 345 g/mol. The first kappa shape index (κ1) is 21.3. The zero-order valence-electron chi connectivity index (χ0n) is 13.5. The third kappa shape index (κ3) is 13.0. The molecule has 5 N–H and O–H groups in total. The number of hydrogen-bond acceptors (Lipinski definition) is 6. The largest absolute Gasteiger partial charge is 0.372 e. The van der Waals surface area contributed by atoms with E-state index < -0.39 is 23.6 Å². The minimum Gasteiger partial charge on any atom is -0.372 e. The fraction of sp³-hybridized carbons (Fsp3) is 0.615. The molecule has 11 heteroatoms. The summed E-state index contributed by atoms with van der Waals surface area (Å²) in [5, 5.41) is 11.8. The summed E-state index contributed by atoms with van der Waals surface area (Å²) in [6.45, 7) is 1.67. The van der Waals surface area contributed by atoms with Gasteiger partial charge in [-0.3, -0.25) is 24.0 Å². The van der Waals surface area contributed by atoms with Crippen LogP contribution in [-0.2, 0) is 28.7 Å². The standard InChI is InChI=1S/C13H23N5O6/c1-2-24-8-13(23)18-7-12(22)17-6-11(21)16-5-10(20)15-4-3-14-9-19/h9H,2-8H2,1H3,(H,14,19)(H,15,20)(H,16,21)(H,17,22)(H,18,23). The van der Waals surface area contributed by atoms with Gasteiger partial charge >= 0.3 is 0 Å². The van der Waals surface area contributed by atoms with Crippen LogP contribution in [-0.4, -0.2) is 76.0 Å². The van der Waals surface area contributed by atoms with E-state index in [1.807, 2.05) is 0 Å². The second-order valence-electron chi connectivity index (χ2n) is 4.39. The molecule has 0 saturated carbocycles. The van der Waals surface area contributed by atoms with Crippen LogP contribution in [0.25, 0.3) is 0 Å². The zero-order chi connectivity index (χ0) is 18.2. The van der Waals surface area contributed by atoms with Crippen LogP contribution < -0.4 is 26.6 Å². The first-order valence-electron chi connectivity index (χ1n) is 7.31. The van der Waals surface area contributed by atoms with Crippen LogP contribution in [0.4, 0.5) is 0 Å². The fourth-order valence-corrected chi connectivity index (χ4v) is 1.30. The van der Waals surface area contributed by atoms with Crippen molar-refractivity contribution in [3.05, 3.63) is 0 Å². The van der Waals surface area contributed by atoms with Gasteiger partial charge in [-0.2, -0.15) is 0 Å². The van der Waals surface area contributed by atoms with Crippen LogP contribution in [0.3, 0.4) is 0 Å². The molecule has 0 aliphatic carbocycles. The summed E-state index contributed by atoms with van der Waals surface area (Å²) in [6, 6.07) is 0. The Kier molecular flexibility index (Phi) is 12.4. The molecule has 0 fully saturated rings. The lowest BCUT2D eigenvalue weighted by atomic mass is 10.4. The fourth-order valence-electron chi connectivity index (χ4n) is 1.30. The number of carbonyl (C=O) groups excluding carboxylic acids is 5. The molecule has 0 aromatic carbocycles. The van der Waals surface area contributed by atoms with Gasteiger partial charge in [0, 0.05) is 19.7 Å². The Hall–Kier alpha value is -2.69. The number of rotatable bonds is 13. The van der Waals surface area contributed by atoms with Crippen molar-refractivity contribution in [2.45, 2.75) is 6.92 Å². The van der Waals surface area contributed by atoms with Crippen molar-refractivity contribution in [2.75, 3.05) is 45.9 Å². The molecule has 0 unspecified atom stereocenters. The first-order valence-corrected chi connectivity index (χ1v) is 7.31. The van der Waals surface area contributed by atoms with E-state index in [0.29, 0.717) is 13.0 Å². The van der Waals surface area contributed by atoms with Crippen LogP contribution in [0.5, 0.6) is 0 Å². The van der Waals surface area contributed by atoms with Gasteiger partial charge in [-0.1, -0.05) is 0 Å². The van der Waals surface area contributed by atoms with Crippen molar-refractivity contribution in [3.8, 4) is 0 Å². The Bertz CT molecular complexity index is 443. The molecule has 0 aliphatic rings. The second-order valence-corrected chi connectivity index (χ2v) is 4.39. The van der Waals surface area contributed by atoms with E-state index >= 15 is 0 Å². The maximum Gasteiger partial charge on any atom is 0.246 e. The van der Waals surface area contributed by atoms with E-state index in [-0.39, 0.29) is 39.3 Å². The monoisotopic (exact) mass is 345 g/mol. The maximum atomic E-state index is 11.4. The van der Waals surface area contributed by atoms with Crippen LogP contribution in [0, 0.1) is 0 Å². The number of carbonyl (C=O) groups is 5. The lowest BCUT2D eigenvalue weighted by molar-refractivity contribution is -0.130. The molecule has 0 atom stereocenters. The molecular weight excluding hydrogens is 322 g/mol. The summed E-state index contributed by atoms with van der Waals surface area (Å²) in [4.78, 5) is 55.3. The van der Waals surface area contributed by atoms with E-state index in [1.165, 1.54) is 0 Å². The number of nitrogens with one attached hydrogen (secondary N) is 5.